The summed E-state index contributed by atoms with van der Waals surface area (Å²) in [5, 5.41) is 3.60. The van der Waals surface area contributed by atoms with Crippen LogP contribution in [0.4, 0.5) is 5.69 Å². The quantitative estimate of drug-likeness (QED) is 0.245. The second-order valence-corrected chi connectivity index (χ2v) is 13.5. The van der Waals surface area contributed by atoms with Gasteiger partial charge in [0.25, 0.3) is 0 Å². The van der Waals surface area contributed by atoms with E-state index >= 15 is 0 Å². The van der Waals surface area contributed by atoms with Crippen molar-refractivity contribution in [3.05, 3.63) is 100 Å². The van der Waals surface area contributed by atoms with Gasteiger partial charge in [0.05, 0.1) is 11.9 Å². The van der Waals surface area contributed by atoms with Crippen LogP contribution in [0.2, 0.25) is 5.02 Å². The highest BCUT2D eigenvalue weighted by Crippen LogP contribution is 2.23. The predicted molar refractivity (Wildman–Crippen MR) is 171 cm³/mol. The van der Waals surface area contributed by atoms with Gasteiger partial charge in [-0.1, -0.05) is 74.0 Å². The first kappa shape index (κ1) is 33.1. The van der Waals surface area contributed by atoms with Crippen LogP contribution in [0.25, 0.3) is 0 Å². The lowest BCUT2D eigenvalue weighted by molar-refractivity contribution is -0.141. The van der Waals surface area contributed by atoms with E-state index in [4.69, 9.17) is 11.6 Å². The zero-order valence-corrected chi connectivity index (χ0v) is 26.7. The van der Waals surface area contributed by atoms with E-state index in [0.29, 0.717) is 30.1 Å². The molecule has 3 aromatic rings. The van der Waals surface area contributed by atoms with Crippen LogP contribution in [-0.4, -0.2) is 50.5 Å². The highest BCUT2D eigenvalue weighted by molar-refractivity contribution is 7.92. The van der Waals surface area contributed by atoms with Crippen LogP contribution in [0.5, 0.6) is 0 Å². The summed E-state index contributed by atoms with van der Waals surface area (Å²) >= 11 is 6.11. The summed E-state index contributed by atoms with van der Waals surface area (Å²) in [5.41, 5.74) is 4.41. The molecule has 42 heavy (non-hydrogen) atoms. The van der Waals surface area contributed by atoms with Crippen molar-refractivity contribution in [2.24, 2.45) is 5.92 Å². The smallest absolute Gasteiger partial charge is 0.243 e. The van der Waals surface area contributed by atoms with Crippen LogP contribution < -0.4 is 9.62 Å². The lowest BCUT2D eigenvalue weighted by Gasteiger charge is -2.32. The number of nitrogens with one attached hydrogen (secondary N) is 1. The molecule has 2 amide bonds. The van der Waals surface area contributed by atoms with Crippen molar-refractivity contribution in [1.29, 1.82) is 0 Å². The molecule has 0 aromatic heterocycles. The minimum atomic E-state index is -3.57. The number of hydrogen-bond donors (Lipinski definition) is 1. The minimum absolute atomic E-state index is 0.0766. The van der Waals surface area contributed by atoms with Crippen molar-refractivity contribution in [3.63, 3.8) is 0 Å². The van der Waals surface area contributed by atoms with Gasteiger partial charge in [0, 0.05) is 37.5 Å². The summed E-state index contributed by atoms with van der Waals surface area (Å²) in [5.74, 6) is -0.194. The fourth-order valence-electron chi connectivity index (χ4n) is 4.65. The van der Waals surface area contributed by atoms with Gasteiger partial charge in [-0.3, -0.25) is 13.9 Å². The Morgan fingerprint density at radius 1 is 0.905 bits per heavy atom. The van der Waals surface area contributed by atoms with Gasteiger partial charge in [0.15, 0.2) is 0 Å². The summed E-state index contributed by atoms with van der Waals surface area (Å²) < 4.78 is 26.7. The molecule has 0 saturated heterocycles. The topological polar surface area (TPSA) is 86.8 Å². The first-order valence-electron chi connectivity index (χ1n) is 14.3. The predicted octanol–water partition coefficient (Wildman–Crippen LogP) is 5.92. The number of carbonyl (C=O) groups is 2. The Kier molecular flexibility index (Phi) is 12.0. The molecule has 0 aliphatic heterocycles. The van der Waals surface area contributed by atoms with Crippen LogP contribution >= 0.6 is 11.6 Å². The van der Waals surface area contributed by atoms with E-state index in [-0.39, 0.29) is 37.2 Å². The molecule has 9 heteroatoms. The van der Waals surface area contributed by atoms with Crippen molar-refractivity contribution < 1.29 is 18.0 Å². The van der Waals surface area contributed by atoms with Crippen molar-refractivity contribution >= 4 is 39.1 Å². The summed E-state index contributed by atoms with van der Waals surface area (Å²) in [6.07, 6.45) is 1.89. The summed E-state index contributed by atoms with van der Waals surface area (Å²) in [6, 6.07) is 21.6. The molecule has 0 radical (unpaired) electrons. The SMILES string of the molecule is Cc1ccc(N(CCCC(=O)N(Cc2ccc(Cl)cc2)[C@@H](Cc2ccccc2)C(=O)NCC(C)C)S(C)(=O)=O)cc1C. The molecule has 0 unspecified atom stereocenters. The van der Waals surface area contributed by atoms with Crippen LogP contribution in [-0.2, 0) is 32.6 Å². The van der Waals surface area contributed by atoms with Crippen LogP contribution in [0.3, 0.4) is 0 Å². The fourth-order valence-corrected chi connectivity index (χ4v) is 5.73. The van der Waals surface area contributed by atoms with Gasteiger partial charge in [0.1, 0.15) is 6.04 Å². The third-order valence-electron chi connectivity index (χ3n) is 7.15. The first-order valence-corrected chi connectivity index (χ1v) is 16.5. The number of hydrogen-bond acceptors (Lipinski definition) is 4. The normalized spacial score (nSPS) is 12.2. The maximum Gasteiger partial charge on any atom is 0.243 e. The van der Waals surface area contributed by atoms with Gasteiger partial charge in [-0.15, -0.1) is 0 Å². The number of carbonyl (C=O) groups excluding carboxylic acids is 2. The third-order valence-corrected chi connectivity index (χ3v) is 8.60. The fraction of sp³-hybridized carbons (Fsp3) is 0.394. The van der Waals surface area contributed by atoms with E-state index in [2.05, 4.69) is 5.32 Å². The van der Waals surface area contributed by atoms with Crippen LogP contribution in [0.15, 0.2) is 72.8 Å². The maximum absolute atomic E-state index is 13.9. The number of nitrogens with zero attached hydrogens (tertiary/aromatic N) is 2. The average Bonchev–Trinajstić information content (AvgIpc) is 2.94. The molecule has 7 nitrogen and oxygen atoms in total. The van der Waals surface area contributed by atoms with E-state index in [0.717, 1.165) is 22.3 Å². The second-order valence-electron chi connectivity index (χ2n) is 11.2. The van der Waals surface area contributed by atoms with Gasteiger partial charge in [-0.05, 0) is 72.7 Å². The Morgan fingerprint density at radius 2 is 1.57 bits per heavy atom. The molecule has 3 rings (SSSR count). The number of halogens is 1. The van der Waals surface area contributed by atoms with Gasteiger partial charge >= 0.3 is 0 Å². The zero-order chi connectivity index (χ0) is 30.9. The van der Waals surface area contributed by atoms with E-state index in [1.54, 1.807) is 23.1 Å². The van der Waals surface area contributed by atoms with Crippen molar-refractivity contribution in [2.75, 3.05) is 23.7 Å². The number of anilines is 1. The molecule has 0 bridgehead atoms. The van der Waals surface area contributed by atoms with Crippen molar-refractivity contribution in [3.8, 4) is 0 Å². The van der Waals surface area contributed by atoms with Gasteiger partial charge in [0.2, 0.25) is 21.8 Å². The molecule has 0 saturated carbocycles. The largest absolute Gasteiger partial charge is 0.354 e. The van der Waals surface area contributed by atoms with Crippen LogP contribution in [0.1, 0.15) is 48.9 Å². The molecule has 1 N–H and O–H groups in total. The Labute approximate surface area is 255 Å². The van der Waals surface area contributed by atoms with E-state index in [9.17, 15) is 18.0 Å². The van der Waals surface area contributed by atoms with Gasteiger partial charge in [-0.25, -0.2) is 8.42 Å². The van der Waals surface area contributed by atoms with Crippen molar-refractivity contribution in [1.82, 2.24) is 10.2 Å². The number of benzene rings is 3. The number of sulfonamides is 1. The standard InChI is InChI=1S/C33H42ClN3O4S/c1-24(2)22-35-33(39)31(21-27-10-7-6-8-11-27)36(23-28-14-16-29(34)17-15-28)32(38)12-9-19-37(42(5,40)41)30-18-13-25(3)26(4)20-30/h6-8,10-11,13-18,20,24,31H,9,12,19,21-23H2,1-5H3,(H,35,39)/t31-/m0/s1. The maximum atomic E-state index is 13.9. The Balaban J connectivity index is 1.88. The molecular weight excluding hydrogens is 570 g/mol. The lowest BCUT2D eigenvalue weighted by Crippen LogP contribution is -2.51. The Bertz CT molecular complexity index is 1440. The molecule has 3 aromatic carbocycles. The summed E-state index contributed by atoms with van der Waals surface area (Å²) in [4.78, 5) is 29.1. The molecule has 0 heterocycles. The zero-order valence-electron chi connectivity index (χ0n) is 25.1. The summed E-state index contributed by atoms with van der Waals surface area (Å²) in [7, 11) is -3.57. The van der Waals surface area contributed by atoms with Crippen molar-refractivity contribution in [2.45, 2.75) is 59.5 Å². The monoisotopic (exact) mass is 611 g/mol. The van der Waals surface area contributed by atoms with Crippen LogP contribution in [0, 0.1) is 19.8 Å². The number of amides is 2. The minimum Gasteiger partial charge on any atom is -0.354 e. The highest BCUT2D eigenvalue weighted by Gasteiger charge is 2.30. The molecule has 0 spiro atoms. The second kappa shape index (κ2) is 15.2. The molecule has 226 valence electrons. The average molecular weight is 612 g/mol. The molecule has 0 aliphatic rings. The van der Waals surface area contributed by atoms with E-state index in [1.165, 1.54) is 10.6 Å². The van der Waals surface area contributed by atoms with Gasteiger partial charge < -0.3 is 10.2 Å². The van der Waals surface area contributed by atoms with Gasteiger partial charge in [-0.2, -0.15) is 0 Å². The highest BCUT2D eigenvalue weighted by atomic mass is 35.5. The molecule has 0 fully saturated rings. The Morgan fingerprint density at radius 3 is 2.17 bits per heavy atom. The third kappa shape index (κ3) is 9.88. The Hall–Kier alpha value is -3.36. The molecule has 1 atom stereocenters. The summed E-state index contributed by atoms with van der Waals surface area (Å²) in [6.45, 7) is 8.81. The number of rotatable bonds is 14. The first-order chi connectivity index (χ1) is 19.8. The molecular formula is C33H42ClN3O4S. The van der Waals surface area contributed by atoms with E-state index < -0.39 is 16.1 Å². The van der Waals surface area contributed by atoms with E-state index in [1.807, 2.05) is 82.3 Å². The lowest BCUT2D eigenvalue weighted by atomic mass is 10.0. The molecule has 0 aliphatic carbocycles. The number of aryl methyl sites for hydroxylation is 2.